The van der Waals surface area contributed by atoms with E-state index in [0.29, 0.717) is 11.3 Å². The normalized spacial score (nSPS) is 12.2. The molecule has 0 spiro atoms. The van der Waals surface area contributed by atoms with Crippen LogP contribution in [0.4, 0.5) is 0 Å². The maximum atomic E-state index is 10.7. The largest absolute Gasteiger partial charge is 0.496 e. The van der Waals surface area contributed by atoms with Gasteiger partial charge in [-0.3, -0.25) is 4.79 Å². The number of carbonyl (C=O) groups is 1. The number of hydrogen-bond donors (Lipinski definition) is 2. The van der Waals surface area contributed by atoms with Crippen molar-refractivity contribution in [3.63, 3.8) is 0 Å². The van der Waals surface area contributed by atoms with Crippen LogP contribution in [0.25, 0.3) is 0 Å². The van der Waals surface area contributed by atoms with E-state index in [1.165, 1.54) is 7.11 Å². The predicted octanol–water partition coefficient (Wildman–Crippen LogP) is 1.34. The van der Waals surface area contributed by atoms with Crippen molar-refractivity contribution in [2.24, 2.45) is 5.73 Å². The monoisotopic (exact) mass is 209 g/mol. The third-order valence-electron chi connectivity index (χ3n) is 2.31. The van der Waals surface area contributed by atoms with Gasteiger partial charge < -0.3 is 15.6 Å². The van der Waals surface area contributed by atoms with Crippen molar-refractivity contribution >= 4 is 5.97 Å². The summed E-state index contributed by atoms with van der Waals surface area (Å²) < 4.78 is 5.12. The van der Waals surface area contributed by atoms with E-state index in [0.717, 1.165) is 12.0 Å². The quantitative estimate of drug-likeness (QED) is 0.784. The number of nitrogens with two attached hydrogens (primary N) is 1. The van der Waals surface area contributed by atoms with Crippen molar-refractivity contribution in [2.75, 3.05) is 7.11 Å². The molecule has 0 saturated carbocycles. The fourth-order valence-electron chi connectivity index (χ4n) is 1.37. The van der Waals surface area contributed by atoms with E-state index >= 15 is 0 Å². The van der Waals surface area contributed by atoms with Crippen LogP contribution in [-0.2, 0) is 11.2 Å². The lowest BCUT2D eigenvalue weighted by atomic mass is 10.0. The Labute approximate surface area is 88.7 Å². The smallest absolute Gasteiger partial charge is 0.325 e. The van der Waals surface area contributed by atoms with Gasteiger partial charge in [0.1, 0.15) is 11.8 Å². The number of aryl methyl sites for hydroxylation is 1. The van der Waals surface area contributed by atoms with Crippen LogP contribution in [0.15, 0.2) is 18.2 Å². The molecular weight excluding hydrogens is 194 g/mol. The summed E-state index contributed by atoms with van der Waals surface area (Å²) in [5.74, 6) is -0.526. The molecular formula is C11H15NO3. The van der Waals surface area contributed by atoms with E-state index in [2.05, 4.69) is 0 Å². The third kappa shape index (κ3) is 2.47. The Bertz CT molecular complexity index is 363. The number of aliphatic carboxylic acids is 1. The second kappa shape index (κ2) is 4.79. The van der Waals surface area contributed by atoms with Gasteiger partial charge in [0, 0.05) is 5.56 Å². The van der Waals surface area contributed by atoms with Crippen molar-refractivity contribution < 1.29 is 14.6 Å². The van der Waals surface area contributed by atoms with Crippen LogP contribution in [0.5, 0.6) is 5.75 Å². The van der Waals surface area contributed by atoms with Gasteiger partial charge in [0.05, 0.1) is 7.11 Å². The Kier molecular flexibility index (Phi) is 3.68. The summed E-state index contributed by atoms with van der Waals surface area (Å²) in [6.07, 6.45) is 0.874. The highest BCUT2D eigenvalue weighted by Gasteiger charge is 2.18. The standard InChI is InChI=1S/C11H15NO3/c1-3-7-4-5-8(9(6-7)15-2)10(12)11(13)14/h4-6,10H,3,12H2,1-2H3,(H,13,14)/t10-/m0/s1. The lowest BCUT2D eigenvalue weighted by Crippen LogP contribution is -2.21. The van der Waals surface area contributed by atoms with E-state index < -0.39 is 12.0 Å². The Balaban J connectivity index is 3.12. The van der Waals surface area contributed by atoms with E-state index in [4.69, 9.17) is 15.6 Å². The van der Waals surface area contributed by atoms with Gasteiger partial charge in [-0.1, -0.05) is 19.1 Å². The minimum absolute atomic E-state index is 0.502. The fraction of sp³-hybridized carbons (Fsp3) is 0.364. The topological polar surface area (TPSA) is 72.6 Å². The zero-order valence-corrected chi connectivity index (χ0v) is 8.86. The second-order valence-electron chi connectivity index (χ2n) is 3.25. The minimum atomic E-state index is -1.06. The molecule has 4 heteroatoms. The fourth-order valence-corrected chi connectivity index (χ4v) is 1.37. The molecule has 82 valence electrons. The van der Waals surface area contributed by atoms with Crippen molar-refractivity contribution in [1.29, 1.82) is 0 Å². The Morgan fingerprint density at radius 3 is 2.73 bits per heavy atom. The molecule has 0 aliphatic carbocycles. The molecule has 0 fully saturated rings. The maximum Gasteiger partial charge on any atom is 0.325 e. The molecule has 15 heavy (non-hydrogen) atoms. The first-order valence-electron chi connectivity index (χ1n) is 4.75. The van der Waals surface area contributed by atoms with Crippen LogP contribution in [0, 0.1) is 0 Å². The molecule has 0 aliphatic rings. The molecule has 0 saturated heterocycles. The van der Waals surface area contributed by atoms with Crippen LogP contribution in [0.2, 0.25) is 0 Å². The Morgan fingerprint density at radius 2 is 2.27 bits per heavy atom. The number of carboxylic acid groups (broad SMARTS) is 1. The van der Waals surface area contributed by atoms with Crippen LogP contribution < -0.4 is 10.5 Å². The second-order valence-corrected chi connectivity index (χ2v) is 3.25. The molecule has 0 aromatic heterocycles. The summed E-state index contributed by atoms with van der Waals surface area (Å²) in [6.45, 7) is 2.02. The van der Waals surface area contributed by atoms with Gasteiger partial charge in [-0.15, -0.1) is 0 Å². The van der Waals surface area contributed by atoms with Crippen molar-refractivity contribution in [1.82, 2.24) is 0 Å². The highest BCUT2D eigenvalue weighted by atomic mass is 16.5. The average Bonchev–Trinajstić information content (AvgIpc) is 2.27. The number of methoxy groups -OCH3 is 1. The number of carboxylic acids is 1. The van der Waals surface area contributed by atoms with Crippen LogP contribution in [0.3, 0.4) is 0 Å². The van der Waals surface area contributed by atoms with Gasteiger partial charge in [0.2, 0.25) is 0 Å². The van der Waals surface area contributed by atoms with Crippen molar-refractivity contribution in [3.05, 3.63) is 29.3 Å². The molecule has 3 N–H and O–H groups in total. The Hall–Kier alpha value is -1.55. The molecule has 1 atom stereocenters. The molecule has 1 rings (SSSR count). The lowest BCUT2D eigenvalue weighted by Gasteiger charge is -2.13. The van der Waals surface area contributed by atoms with Gasteiger partial charge in [-0.25, -0.2) is 0 Å². The summed E-state index contributed by atoms with van der Waals surface area (Å²) in [4.78, 5) is 10.7. The summed E-state index contributed by atoms with van der Waals surface area (Å²) >= 11 is 0. The van der Waals surface area contributed by atoms with Crippen LogP contribution >= 0.6 is 0 Å². The van der Waals surface area contributed by atoms with Crippen LogP contribution in [-0.4, -0.2) is 18.2 Å². The summed E-state index contributed by atoms with van der Waals surface area (Å²) in [5, 5.41) is 8.80. The molecule has 0 radical (unpaired) electrons. The van der Waals surface area contributed by atoms with E-state index in [9.17, 15) is 4.79 Å². The molecule has 0 unspecified atom stereocenters. The number of benzene rings is 1. The SMILES string of the molecule is CCc1ccc([C@H](N)C(=O)O)c(OC)c1. The molecule has 0 aliphatic heterocycles. The highest BCUT2D eigenvalue weighted by molar-refractivity contribution is 5.76. The molecule has 1 aromatic carbocycles. The van der Waals surface area contributed by atoms with Crippen molar-refractivity contribution in [2.45, 2.75) is 19.4 Å². The van der Waals surface area contributed by atoms with Gasteiger partial charge in [0.25, 0.3) is 0 Å². The number of rotatable bonds is 4. The molecule has 1 aromatic rings. The number of hydrogen-bond acceptors (Lipinski definition) is 3. The van der Waals surface area contributed by atoms with Gasteiger partial charge in [-0.2, -0.15) is 0 Å². The van der Waals surface area contributed by atoms with E-state index in [-0.39, 0.29) is 0 Å². The Morgan fingerprint density at radius 1 is 1.60 bits per heavy atom. The van der Waals surface area contributed by atoms with Gasteiger partial charge in [0.15, 0.2) is 0 Å². The number of ether oxygens (including phenoxy) is 1. The summed E-state index contributed by atoms with van der Waals surface area (Å²) in [5.41, 5.74) is 7.12. The minimum Gasteiger partial charge on any atom is -0.496 e. The average molecular weight is 209 g/mol. The third-order valence-corrected chi connectivity index (χ3v) is 2.31. The van der Waals surface area contributed by atoms with Gasteiger partial charge in [-0.05, 0) is 18.1 Å². The zero-order chi connectivity index (χ0) is 11.4. The molecule has 4 nitrogen and oxygen atoms in total. The first kappa shape index (κ1) is 11.5. The summed E-state index contributed by atoms with van der Waals surface area (Å²) in [7, 11) is 1.51. The molecule has 0 amide bonds. The van der Waals surface area contributed by atoms with Gasteiger partial charge >= 0.3 is 5.97 Å². The predicted molar refractivity (Wildman–Crippen MR) is 56.9 cm³/mol. The molecule has 0 bridgehead atoms. The first-order chi connectivity index (χ1) is 7.10. The van der Waals surface area contributed by atoms with E-state index in [1.54, 1.807) is 6.07 Å². The summed E-state index contributed by atoms with van der Waals surface area (Å²) in [6, 6.07) is 4.35. The van der Waals surface area contributed by atoms with E-state index in [1.807, 2.05) is 19.1 Å². The molecule has 0 heterocycles. The highest BCUT2D eigenvalue weighted by Crippen LogP contribution is 2.25. The first-order valence-corrected chi connectivity index (χ1v) is 4.75. The lowest BCUT2D eigenvalue weighted by molar-refractivity contribution is -0.138. The van der Waals surface area contributed by atoms with Crippen molar-refractivity contribution in [3.8, 4) is 5.75 Å². The zero-order valence-electron chi connectivity index (χ0n) is 8.86. The maximum absolute atomic E-state index is 10.7. The van der Waals surface area contributed by atoms with Crippen LogP contribution in [0.1, 0.15) is 24.1 Å².